The lowest BCUT2D eigenvalue weighted by Gasteiger charge is -2.05. The number of ketones is 1. The van der Waals surface area contributed by atoms with E-state index in [0.717, 1.165) is 4.57 Å². The average molecular weight is 254 g/mol. The Hall–Kier alpha value is -2.18. The number of aryl methyl sites for hydroxylation is 1. The number of carbonyl (C=O) groups is 2. The predicted molar refractivity (Wildman–Crippen MR) is 62.2 cm³/mol. The number of ether oxygens (including phenoxy) is 1. The molecule has 0 aliphatic heterocycles. The molecule has 0 aliphatic rings. The third-order valence-corrected chi connectivity index (χ3v) is 2.22. The monoisotopic (exact) mass is 254 g/mol. The standard InChI is InChI=1S/C11H14N2O5/c1-3-18-10(16)6-8(14)7-13-9(15)4-5-12(2)11(13)17/h4-5H,3,6-7H2,1-2H3. The number of nitrogens with zero attached hydrogens (tertiary/aromatic N) is 2. The normalized spacial score (nSPS) is 10.1. The molecule has 0 aromatic carbocycles. The Bertz CT molecular complexity index is 570. The number of esters is 1. The van der Waals surface area contributed by atoms with Gasteiger partial charge < -0.3 is 9.30 Å². The van der Waals surface area contributed by atoms with E-state index in [1.165, 1.54) is 23.9 Å². The van der Waals surface area contributed by atoms with Gasteiger partial charge in [0.1, 0.15) is 6.42 Å². The van der Waals surface area contributed by atoms with Crippen LogP contribution in [0.25, 0.3) is 0 Å². The van der Waals surface area contributed by atoms with E-state index < -0.39 is 36.0 Å². The first-order valence-corrected chi connectivity index (χ1v) is 5.39. The highest BCUT2D eigenvalue weighted by Gasteiger charge is 2.13. The van der Waals surface area contributed by atoms with Crippen LogP contribution >= 0.6 is 0 Å². The van der Waals surface area contributed by atoms with Crippen LogP contribution in [-0.4, -0.2) is 27.5 Å². The maximum Gasteiger partial charge on any atom is 0.331 e. The number of hydrogen-bond acceptors (Lipinski definition) is 5. The molecule has 7 heteroatoms. The van der Waals surface area contributed by atoms with Gasteiger partial charge in [-0.05, 0) is 6.92 Å². The number of rotatable bonds is 5. The zero-order valence-corrected chi connectivity index (χ0v) is 10.2. The zero-order valence-electron chi connectivity index (χ0n) is 10.2. The van der Waals surface area contributed by atoms with Crippen LogP contribution in [0.1, 0.15) is 13.3 Å². The topological polar surface area (TPSA) is 87.4 Å². The minimum absolute atomic E-state index is 0.180. The molecule has 1 heterocycles. The van der Waals surface area contributed by atoms with Gasteiger partial charge in [0.2, 0.25) is 0 Å². The number of carbonyl (C=O) groups excluding carboxylic acids is 2. The summed E-state index contributed by atoms with van der Waals surface area (Å²) in [6.45, 7) is 1.38. The van der Waals surface area contributed by atoms with E-state index in [0.29, 0.717) is 0 Å². The van der Waals surface area contributed by atoms with Crippen LogP contribution in [0.5, 0.6) is 0 Å². The fourth-order valence-electron chi connectivity index (χ4n) is 1.36. The summed E-state index contributed by atoms with van der Waals surface area (Å²) in [6.07, 6.45) is 0.870. The second-order valence-corrected chi connectivity index (χ2v) is 3.65. The first-order chi connectivity index (χ1) is 8.45. The smallest absolute Gasteiger partial charge is 0.331 e. The van der Waals surface area contributed by atoms with Crippen LogP contribution in [0.4, 0.5) is 0 Å². The lowest BCUT2D eigenvalue weighted by molar-refractivity contribution is -0.145. The SMILES string of the molecule is CCOC(=O)CC(=O)Cn1c(=O)ccn(C)c1=O. The summed E-state index contributed by atoms with van der Waals surface area (Å²) in [4.78, 5) is 45.6. The number of hydrogen-bond donors (Lipinski definition) is 0. The molecular formula is C11H14N2O5. The Balaban J connectivity index is 2.83. The summed E-state index contributed by atoms with van der Waals surface area (Å²) in [5.41, 5.74) is -1.17. The molecule has 0 saturated carbocycles. The quantitative estimate of drug-likeness (QED) is 0.500. The molecule has 0 radical (unpaired) electrons. The van der Waals surface area contributed by atoms with Crippen molar-refractivity contribution in [3.05, 3.63) is 33.1 Å². The number of Topliss-reactive ketones (excluding diaryl/α,β-unsaturated/α-hetero) is 1. The fourth-order valence-corrected chi connectivity index (χ4v) is 1.36. The van der Waals surface area contributed by atoms with Gasteiger partial charge in [-0.2, -0.15) is 0 Å². The largest absolute Gasteiger partial charge is 0.466 e. The summed E-state index contributed by atoms with van der Waals surface area (Å²) in [5.74, 6) is -1.21. The van der Waals surface area contributed by atoms with E-state index in [2.05, 4.69) is 4.74 Å². The second kappa shape index (κ2) is 5.95. The molecule has 18 heavy (non-hydrogen) atoms. The van der Waals surface area contributed by atoms with E-state index >= 15 is 0 Å². The molecule has 0 bridgehead atoms. The van der Waals surface area contributed by atoms with Crippen molar-refractivity contribution in [3.63, 3.8) is 0 Å². The average Bonchev–Trinajstić information content (AvgIpc) is 2.30. The number of aromatic nitrogens is 2. The molecule has 0 N–H and O–H groups in total. The highest BCUT2D eigenvalue weighted by molar-refractivity contribution is 5.95. The van der Waals surface area contributed by atoms with E-state index in [-0.39, 0.29) is 6.61 Å². The Morgan fingerprint density at radius 2 is 2.00 bits per heavy atom. The fraction of sp³-hybridized carbons (Fsp3) is 0.455. The molecule has 0 atom stereocenters. The molecule has 0 aliphatic carbocycles. The first kappa shape index (κ1) is 13.9. The van der Waals surface area contributed by atoms with Crippen molar-refractivity contribution in [3.8, 4) is 0 Å². The van der Waals surface area contributed by atoms with Crippen LogP contribution in [0.2, 0.25) is 0 Å². The van der Waals surface area contributed by atoms with Crippen LogP contribution < -0.4 is 11.2 Å². The maximum atomic E-state index is 11.6. The Kier molecular flexibility index (Phi) is 4.59. The summed E-state index contributed by atoms with van der Waals surface area (Å²) >= 11 is 0. The van der Waals surface area contributed by atoms with Gasteiger partial charge in [-0.15, -0.1) is 0 Å². The minimum Gasteiger partial charge on any atom is -0.466 e. The van der Waals surface area contributed by atoms with E-state index in [4.69, 9.17) is 0 Å². The molecule has 0 saturated heterocycles. The van der Waals surface area contributed by atoms with Gasteiger partial charge in [0.25, 0.3) is 5.56 Å². The van der Waals surface area contributed by atoms with Crippen molar-refractivity contribution in [2.45, 2.75) is 19.9 Å². The van der Waals surface area contributed by atoms with Gasteiger partial charge in [-0.1, -0.05) is 0 Å². The molecular weight excluding hydrogens is 240 g/mol. The molecule has 0 fully saturated rings. The Morgan fingerprint density at radius 3 is 2.61 bits per heavy atom. The van der Waals surface area contributed by atoms with E-state index in [1.807, 2.05) is 0 Å². The lowest BCUT2D eigenvalue weighted by Crippen LogP contribution is -2.40. The third kappa shape index (κ3) is 3.41. The molecule has 0 spiro atoms. The van der Waals surface area contributed by atoms with Gasteiger partial charge in [-0.3, -0.25) is 19.0 Å². The maximum absolute atomic E-state index is 11.6. The second-order valence-electron chi connectivity index (χ2n) is 3.65. The lowest BCUT2D eigenvalue weighted by atomic mass is 10.3. The molecule has 1 aromatic rings. The van der Waals surface area contributed by atoms with Gasteiger partial charge >= 0.3 is 11.7 Å². The van der Waals surface area contributed by atoms with Crippen molar-refractivity contribution in [2.75, 3.05) is 6.61 Å². The first-order valence-electron chi connectivity index (χ1n) is 5.39. The molecule has 1 aromatic heterocycles. The van der Waals surface area contributed by atoms with Crippen molar-refractivity contribution in [1.82, 2.24) is 9.13 Å². The predicted octanol–water partition coefficient (Wildman–Crippen LogP) is -0.931. The molecule has 0 amide bonds. The Labute approximate surface area is 103 Å². The van der Waals surface area contributed by atoms with Crippen molar-refractivity contribution in [2.24, 2.45) is 7.05 Å². The summed E-state index contributed by atoms with van der Waals surface area (Å²) < 4.78 is 6.56. The highest BCUT2D eigenvalue weighted by Crippen LogP contribution is 1.90. The van der Waals surface area contributed by atoms with Gasteiger partial charge in [-0.25, -0.2) is 4.79 Å². The summed E-state index contributed by atoms with van der Waals surface area (Å²) in [6, 6.07) is 1.18. The van der Waals surface area contributed by atoms with Crippen LogP contribution in [0.15, 0.2) is 21.9 Å². The minimum atomic E-state index is -0.664. The van der Waals surface area contributed by atoms with Crippen molar-refractivity contribution in [1.29, 1.82) is 0 Å². The van der Waals surface area contributed by atoms with Crippen LogP contribution in [0.3, 0.4) is 0 Å². The van der Waals surface area contributed by atoms with E-state index in [9.17, 15) is 19.2 Å². The third-order valence-electron chi connectivity index (χ3n) is 2.22. The van der Waals surface area contributed by atoms with Crippen molar-refractivity contribution < 1.29 is 14.3 Å². The van der Waals surface area contributed by atoms with Gasteiger partial charge in [0, 0.05) is 19.3 Å². The summed E-state index contributed by atoms with van der Waals surface area (Å²) in [7, 11) is 1.47. The zero-order chi connectivity index (χ0) is 13.7. The van der Waals surface area contributed by atoms with Crippen LogP contribution in [0, 0.1) is 0 Å². The molecule has 0 unspecified atom stereocenters. The van der Waals surface area contributed by atoms with Crippen LogP contribution in [-0.2, 0) is 27.9 Å². The Morgan fingerprint density at radius 1 is 1.33 bits per heavy atom. The highest BCUT2D eigenvalue weighted by atomic mass is 16.5. The molecule has 1 rings (SSSR count). The van der Waals surface area contributed by atoms with Gasteiger partial charge in [0.15, 0.2) is 5.78 Å². The summed E-state index contributed by atoms with van der Waals surface area (Å²) in [5, 5.41) is 0. The molecule has 98 valence electrons. The molecule has 7 nitrogen and oxygen atoms in total. The van der Waals surface area contributed by atoms with Crippen molar-refractivity contribution >= 4 is 11.8 Å². The van der Waals surface area contributed by atoms with Gasteiger partial charge in [0.05, 0.1) is 13.2 Å². The van der Waals surface area contributed by atoms with E-state index in [1.54, 1.807) is 6.92 Å².